The molecular formula is C24H27NO4S. The van der Waals surface area contributed by atoms with E-state index in [1.807, 2.05) is 24.3 Å². The fraction of sp³-hybridized carbons (Fsp3) is 0.333. The zero-order valence-electron chi connectivity index (χ0n) is 17.1. The molecule has 158 valence electrons. The van der Waals surface area contributed by atoms with E-state index in [1.165, 1.54) is 43.1 Å². The van der Waals surface area contributed by atoms with Crippen LogP contribution in [0.2, 0.25) is 0 Å². The lowest BCUT2D eigenvalue weighted by molar-refractivity contribution is 0.0698. The van der Waals surface area contributed by atoms with Gasteiger partial charge >= 0.3 is 5.97 Å². The van der Waals surface area contributed by atoms with Crippen LogP contribution < -0.4 is 10.1 Å². The lowest BCUT2D eigenvalue weighted by Gasteiger charge is -2.10. The predicted molar refractivity (Wildman–Crippen MR) is 122 cm³/mol. The molecule has 0 saturated carbocycles. The molecule has 0 spiro atoms. The van der Waals surface area contributed by atoms with Gasteiger partial charge in [-0.05, 0) is 30.7 Å². The Morgan fingerprint density at radius 1 is 0.967 bits per heavy atom. The highest BCUT2D eigenvalue weighted by atomic mass is 32.1. The summed E-state index contributed by atoms with van der Waals surface area (Å²) in [5.74, 6) is -0.862. The topological polar surface area (TPSA) is 75.6 Å². The second-order valence-electron chi connectivity index (χ2n) is 7.18. The summed E-state index contributed by atoms with van der Waals surface area (Å²) in [6.45, 7) is 2.76. The molecule has 1 aromatic heterocycles. The summed E-state index contributed by atoms with van der Waals surface area (Å²) < 4.78 is 7.03. The van der Waals surface area contributed by atoms with Crippen molar-refractivity contribution in [2.75, 3.05) is 11.9 Å². The van der Waals surface area contributed by atoms with Crippen LogP contribution in [0.15, 0.2) is 48.5 Å². The SMILES string of the molecule is CCCCCCCCOc1c(C(=O)Nc2ccccc2C(=O)O)sc2ccccc12. The molecule has 0 bridgehead atoms. The highest BCUT2D eigenvalue weighted by Crippen LogP contribution is 2.38. The monoisotopic (exact) mass is 425 g/mol. The van der Waals surface area contributed by atoms with Crippen molar-refractivity contribution in [2.45, 2.75) is 45.4 Å². The van der Waals surface area contributed by atoms with Crippen LogP contribution in [0.4, 0.5) is 5.69 Å². The van der Waals surface area contributed by atoms with Gasteiger partial charge in [0.15, 0.2) is 5.75 Å². The zero-order chi connectivity index (χ0) is 21.3. The Hall–Kier alpha value is -2.86. The van der Waals surface area contributed by atoms with Gasteiger partial charge in [-0.25, -0.2) is 4.79 Å². The largest absolute Gasteiger partial charge is 0.491 e. The predicted octanol–water partition coefficient (Wildman–Crippen LogP) is 6.59. The van der Waals surface area contributed by atoms with Gasteiger partial charge in [-0.1, -0.05) is 63.3 Å². The lowest BCUT2D eigenvalue weighted by Crippen LogP contribution is -2.14. The van der Waals surface area contributed by atoms with Crippen LogP contribution in [0.1, 0.15) is 65.5 Å². The highest BCUT2D eigenvalue weighted by molar-refractivity contribution is 7.21. The maximum Gasteiger partial charge on any atom is 0.337 e. The number of carboxylic acids is 1. The summed E-state index contributed by atoms with van der Waals surface area (Å²) >= 11 is 1.36. The number of carbonyl (C=O) groups excluding carboxylic acids is 1. The lowest BCUT2D eigenvalue weighted by atomic mass is 10.1. The minimum atomic E-state index is -1.08. The van der Waals surface area contributed by atoms with Crippen LogP contribution >= 0.6 is 11.3 Å². The Bertz CT molecular complexity index is 1010. The Labute approximate surface area is 180 Å². The molecule has 0 aliphatic rings. The van der Waals surface area contributed by atoms with Crippen LogP contribution in [0.5, 0.6) is 5.75 Å². The van der Waals surface area contributed by atoms with Crippen molar-refractivity contribution in [3.8, 4) is 5.75 Å². The summed E-state index contributed by atoms with van der Waals surface area (Å²) in [7, 11) is 0. The number of unbranched alkanes of at least 4 members (excludes halogenated alkanes) is 5. The number of thiophene rings is 1. The van der Waals surface area contributed by atoms with Crippen LogP contribution in [0, 0.1) is 0 Å². The average Bonchev–Trinajstić information content (AvgIpc) is 3.12. The van der Waals surface area contributed by atoms with Gasteiger partial charge in [0.1, 0.15) is 4.88 Å². The van der Waals surface area contributed by atoms with Crippen LogP contribution in [-0.2, 0) is 0 Å². The third-order valence-corrected chi connectivity index (χ3v) is 6.06. The first kappa shape index (κ1) is 21.8. The van der Waals surface area contributed by atoms with E-state index in [2.05, 4.69) is 12.2 Å². The van der Waals surface area contributed by atoms with E-state index in [0.717, 1.165) is 22.9 Å². The molecule has 0 aliphatic carbocycles. The van der Waals surface area contributed by atoms with Crippen molar-refractivity contribution in [2.24, 2.45) is 0 Å². The summed E-state index contributed by atoms with van der Waals surface area (Å²) in [5, 5.41) is 13.0. The second kappa shape index (κ2) is 10.8. The third kappa shape index (κ3) is 5.39. The van der Waals surface area contributed by atoms with Crippen molar-refractivity contribution in [1.29, 1.82) is 0 Å². The van der Waals surface area contributed by atoms with E-state index >= 15 is 0 Å². The van der Waals surface area contributed by atoms with Gasteiger partial charge in [-0.3, -0.25) is 4.79 Å². The van der Waals surface area contributed by atoms with Gasteiger partial charge in [0.2, 0.25) is 0 Å². The van der Waals surface area contributed by atoms with Gasteiger partial charge in [-0.2, -0.15) is 0 Å². The minimum absolute atomic E-state index is 0.0570. The Morgan fingerprint density at radius 3 is 2.47 bits per heavy atom. The molecule has 3 aromatic rings. The Morgan fingerprint density at radius 2 is 1.67 bits per heavy atom. The van der Waals surface area contributed by atoms with Crippen molar-refractivity contribution in [3.63, 3.8) is 0 Å². The van der Waals surface area contributed by atoms with E-state index in [4.69, 9.17) is 4.74 Å². The summed E-state index contributed by atoms with van der Waals surface area (Å²) in [6.07, 6.45) is 6.97. The number of ether oxygens (including phenoxy) is 1. The van der Waals surface area contributed by atoms with Gasteiger partial charge in [0.05, 0.1) is 17.9 Å². The summed E-state index contributed by atoms with van der Waals surface area (Å²) in [4.78, 5) is 24.9. The van der Waals surface area contributed by atoms with Crippen molar-refractivity contribution in [1.82, 2.24) is 0 Å². The number of carbonyl (C=O) groups is 2. The molecule has 3 rings (SSSR count). The Balaban J connectivity index is 1.76. The molecule has 0 fully saturated rings. The highest BCUT2D eigenvalue weighted by Gasteiger charge is 2.21. The van der Waals surface area contributed by atoms with Crippen molar-refractivity contribution in [3.05, 3.63) is 59.0 Å². The van der Waals surface area contributed by atoms with Crippen LogP contribution in [-0.4, -0.2) is 23.6 Å². The second-order valence-corrected chi connectivity index (χ2v) is 8.23. The fourth-order valence-corrected chi connectivity index (χ4v) is 4.37. The number of fused-ring (bicyclic) bond motifs is 1. The van der Waals surface area contributed by atoms with E-state index in [1.54, 1.807) is 18.2 Å². The number of amides is 1. The van der Waals surface area contributed by atoms with Crippen molar-refractivity contribution >= 4 is 39.0 Å². The Kier molecular flexibility index (Phi) is 7.85. The average molecular weight is 426 g/mol. The molecule has 0 radical (unpaired) electrons. The quantitative estimate of drug-likeness (QED) is 0.340. The number of hydrogen-bond acceptors (Lipinski definition) is 4. The van der Waals surface area contributed by atoms with Gasteiger partial charge in [-0.15, -0.1) is 11.3 Å². The molecule has 0 aliphatic heterocycles. The van der Waals surface area contributed by atoms with Gasteiger partial charge in [0, 0.05) is 10.1 Å². The standard InChI is InChI=1S/C24H27NO4S/c1-2-3-4-5-6-11-16-29-21-18-13-8-10-15-20(18)30-22(21)23(26)25-19-14-9-7-12-17(19)24(27)28/h7-10,12-15H,2-6,11,16H2,1H3,(H,25,26)(H,27,28). The maximum absolute atomic E-state index is 13.0. The number of para-hydroxylation sites is 1. The number of carboxylic acid groups (broad SMARTS) is 1. The molecule has 2 aromatic carbocycles. The molecule has 1 amide bonds. The molecule has 30 heavy (non-hydrogen) atoms. The molecule has 1 heterocycles. The van der Waals surface area contributed by atoms with E-state index in [9.17, 15) is 14.7 Å². The number of benzene rings is 2. The summed E-state index contributed by atoms with van der Waals surface area (Å²) in [5.41, 5.74) is 0.329. The summed E-state index contributed by atoms with van der Waals surface area (Å²) in [6, 6.07) is 14.1. The molecule has 2 N–H and O–H groups in total. The van der Waals surface area contributed by atoms with Gasteiger partial charge < -0.3 is 15.2 Å². The molecule has 0 unspecified atom stereocenters. The van der Waals surface area contributed by atoms with Gasteiger partial charge in [0.25, 0.3) is 5.91 Å². The van der Waals surface area contributed by atoms with E-state index in [-0.39, 0.29) is 17.2 Å². The number of nitrogens with one attached hydrogen (secondary N) is 1. The fourth-order valence-electron chi connectivity index (χ4n) is 3.33. The molecule has 6 heteroatoms. The number of aromatic carboxylic acids is 1. The molecular weight excluding hydrogens is 398 g/mol. The number of rotatable bonds is 11. The van der Waals surface area contributed by atoms with E-state index in [0.29, 0.717) is 17.2 Å². The third-order valence-electron chi connectivity index (χ3n) is 4.91. The smallest absolute Gasteiger partial charge is 0.337 e. The molecule has 5 nitrogen and oxygen atoms in total. The van der Waals surface area contributed by atoms with Crippen LogP contribution in [0.25, 0.3) is 10.1 Å². The van der Waals surface area contributed by atoms with Crippen molar-refractivity contribution < 1.29 is 19.4 Å². The number of anilines is 1. The zero-order valence-corrected chi connectivity index (χ0v) is 18.0. The normalized spacial score (nSPS) is 10.8. The van der Waals surface area contributed by atoms with Crippen LogP contribution in [0.3, 0.4) is 0 Å². The maximum atomic E-state index is 13.0. The molecule has 0 saturated heterocycles. The first-order valence-electron chi connectivity index (χ1n) is 10.4. The first-order valence-corrected chi connectivity index (χ1v) is 11.2. The molecule has 0 atom stereocenters. The van der Waals surface area contributed by atoms with E-state index < -0.39 is 5.97 Å². The first-order chi connectivity index (χ1) is 14.6. The minimum Gasteiger partial charge on any atom is -0.491 e. The number of hydrogen-bond donors (Lipinski definition) is 2.